The van der Waals surface area contributed by atoms with Gasteiger partial charge < -0.3 is 25.0 Å². The van der Waals surface area contributed by atoms with Crippen LogP contribution >= 0.6 is 12.4 Å². The van der Waals surface area contributed by atoms with Crippen LogP contribution < -0.4 is 14.8 Å². The summed E-state index contributed by atoms with van der Waals surface area (Å²) in [5, 5.41) is 22.0. The number of ether oxygens (including phenoxy) is 2. The fourth-order valence-corrected chi connectivity index (χ4v) is 2.88. The highest BCUT2D eigenvalue weighted by molar-refractivity contribution is 5.85. The average molecular weight is 369 g/mol. The quantitative estimate of drug-likeness (QED) is 0.705. The Hall–Kier alpha value is -1.35. The zero-order valence-electron chi connectivity index (χ0n) is 13.6. The zero-order valence-corrected chi connectivity index (χ0v) is 14.4. The van der Waals surface area contributed by atoms with Crippen molar-refractivity contribution in [1.29, 1.82) is 0 Å². The lowest BCUT2D eigenvalue weighted by Gasteiger charge is -2.39. The van der Waals surface area contributed by atoms with Crippen LogP contribution in [0, 0.1) is 0 Å². The maximum Gasteiger partial charge on any atom is 0.290 e. The molecule has 1 aliphatic heterocycles. The number of methoxy groups -OCH3 is 2. The summed E-state index contributed by atoms with van der Waals surface area (Å²) in [6, 6.07) is 1.11. The molecule has 1 atom stereocenters. The molecule has 2 rings (SSSR count). The van der Waals surface area contributed by atoms with Crippen LogP contribution in [0.4, 0.5) is 8.78 Å². The fourth-order valence-electron chi connectivity index (χ4n) is 2.88. The van der Waals surface area contributed by atoms with Gasteiger partial charge in [0.25, 0.3) is 5.92 Å². The minimum Gasteiger partial charge on any atom is -0.508 e. The largest absolute Gasteiger partial charge is 0.508 e. The second-order valence-corrected chi connectivity index (χ2v) is 5.37. The summed E-state index contributed by atoms with van der Waals surface area (Å²) in [7, 11) is 2.67. The maximum absolute atomic E-state index is 14.5. The number of nitrogens with one attached hydrogen (secondary N) is 1. The number of hydrogen-bond acceptors (Lipinski definition) is 6. The number of nitrogens with zero attached hydrogens (tertiary/aromatic N) is 1. The minimum atomic E-state index is -3.39. The molecule has 1 fully saturated rings. The van der Waals surface area contributed by atoms with Gasteiger partial charge in [-0.25, -0.2) is 8.78 Å². The molecule has 0 amide bonds. The summed E-state index contributed by atoms with van der Waals surface area (Å²) in [5.41, 5.74) is 0.119. The first-order valence-electron chi connectivity index (χ1n) is 7.33. The molecule has 24 heavy (non-hydrogen) atoms. The maximum atomic E-state index is 14.5. The summed E-state index contributed by atoms with van der Waals surface area (Å²) in [6.07, 6.45) is 0. The summed E-state index contributed by atoms with van der Waals surface area (Å²) in [5.74, 6) is -3.35. The molecule has 0 radical (unpaired) electrons. The number of alkyl halides is 2. The number of phenols is 1. The molecule has 1 aliphatic rings. The normalized spacial score (nSPS) is 17.0. The van der Waals surface area contributed by atoms with Crippen LogP contribution in [0.1, 0.15) is 11.6 Å². The SMILES string of the molecule is COc1cc(O)cc(OC)c1[C@H](N1CCNCC1)C(F)(F)CO.Cl. The molecule has 1 aromatic carbocycles. The van der Waals surface area contributed by atoms with E-state index in [9.17, 15) is 19.0 Å². The van der Waals surface area contributed by atoms with Gasteiger partial charge in [-0.15, -0.1) is 12.4 Å². The Morgan fingerprint density at radius 2 is 1.71 bits per heavy atom. The van der Waals surface area contributed by atoms with Crippen molar-refractivity contribution in [2.45, 2.75) is 12.0 Å². The average Bonchev–Trinajstić information content (AvgIpc) is 2.56. The van der Waals surface area contributed by atoms with Crippen molar-refractivity contribution in [2.75, 3.05) is 47.0 Å². The van der Waals surface area contributed by atoms with E-state index < -0.39 is 18.6 Å². The predicted molar refractivity (Wildman–Crippen MR) is 87.7 cm³/mol. The summed E-state index contributed by atoms with van der Waals surface area (Å²) in [6.45, 7) is 0.636. The van der Waals surface area contributed by atoms with Crippen molar-refractivity contribution in [2.24, 2.45) is 0 Å². The topological polar surface area (TPSA) is 74.2 Å². The summed E-state index contributed by atoms with van der Waals surface area (Å²) >= 11 is 0. The molecule has 0 unspecified atom stereocenters. The number of phenolic OH excluding ortho intramolecular Hbond substituents is 1. The number of hydrogen-bond donors (Lipinski definition) is 3. The van der Waals surface area contributed by atoms with E-state index in [4.69, 9.17) is 9.47 Å². The Labute approximate surface area is 145 Å². The highest BCUT2D eigenvalue weighted by Gasteiger charge is 2.47. The van der Waals surface area contributed by atoms with Gasteiger partial charge >= 0.3 is 0 Å². The molecular formula is C15H23ClF2N2O4. The molecule has 1 heterocycles. The molecular weight excluding hydrogens is 346 g/mol. The number of halogens is 3. The van der Waals surface area contributed by atoms with Crippen LogP contribution in [0.25, 0.3) is 0 Å². The molecule has 0 aliphatic carbocycles. The van der Waals surface area contributed by atoms with Crippen LogP contribution in [0.2, 0.25) is 0 Å². The monoisotopic (exact) mass is 368 g/mol. The fraction of sp³-hybridized carbons (Fsp3) is 0.600. The van der Waals surface area contributed by atoms with Crippen LogP contribution in [0.3, 0.4) is 0 Å². The number of aromatic hydroxyl groups is 1. The van der Waals surface area contributed by atoms with Gasteiger partial charge in [0.05, 0.1) is 19.8 Å². The van der Waals surface area contributed by atoms with E-state index in [0.29, 0.717) is 26.2 Å². The van der Waals surface area contributed by atoms with Gasteiger partial charge in [0.2, 0.25) is 0 Å². The Morgan fingerprint density at radius 1 is 1.21 bits per heavy atom. The molecule has 0 spiro atoms. The molecule has 3 N–H and O–H groups in total. The first-order valence-corrected chi connectivity index (χ1v) is 7.33. The van der Waals surface area contributed by atoms with Gasteiger partial charge in [-0.05, 0) is 0 Å². The molecule has 1 aromatic rings. The number of aliphatic hydroxyl groups is 1. The Kier molecular flexibility index (Phi) is 7.47. The van der Waals surface area contributed by atoms with Crippen molar-refractivity contribution in [3.63, 3.8) is 0 Å². The van der Waals surface area contributed by atoms with Gasteiger partial charge in [-0.1, -0.05) is 0 Å². The lowest BCUT2D eigenvalue weighted by atomic mass is 9.96. The van der Waals surface area contributed by atoms with E-state index in [1.54, 1.807) is 4.90 Å². The van der Waals surface area contributed by atoms with E-state index in [2.05, 4.69) is 5.32 Å². The van der Waals surface area contributed by atoms with Crippen molar-refractivity contribution >= 4 is 12.4 Å². The van der Waals surface area contributed by atoms with Crippen LogP contribution in [-0.2, 0) is 0 Å². The third-order valence-corrected chi connectivity index (χ3v) is 3.93. The molecule has 0 bridgehead atoms. The number of rotatable bonds is 6. The van der Waals surface area contributed by atoms with Crippen LogP contribution in [0.5, 0.6) is 17.2 Å². The highest BCUT2D eigenvalue weighted by atomic mass is 35.5. The second kappa shape index (κ2) is 8.66. The van der Waals surface area contributed by atoms with Crippen molar-refractivity contribution < 1.29 is 28.5 Å². The molecule has 138 valence electrons. The zero-order chi connectivity index (χ0) is 17.0. The lowest BCUT2D eigenvalue weighted by molar-refractivity contribution is -0.119. The molecule has 0 saturated carbocycles. The van der Waals surface area contributed by atoms with Gasteiger partial charge in [-0.3, -0.25) is 4.90 Å². The van der Waals surface area contributed by atoms with E-state index in [0.717, 1.165) is 0 Å². The predicted octanol–water partition coefficient (Wildman–Crippen LogP) is 1.41. The summed E-state index contributed by atoms with van der Waals surface area (Å²) in [4.78, 5) is 1.59. The standard InChI is InChI=1S/C15H22F2N2O4.ClH/c1-22-11-7-10(21)8-12(23-2)13(11)14(15(16,17)9-20)19-5-3-18-4-6-19;/h7-8,14,18,20-21H,3-6,9H2,1-2H3;1H/t14-;/m0./s1. The van der Waals surface area contributed by atoms with Crippen LogP contribution in [0.15, 0.2) is 12.1 Å². The first kappa shape index (κ1) is 20.7. The van der Waals surface area contributed by atoms with E-state index >= 15 is 0 Å². The summed E-state index contributed by atoms with van der Waals surface area (Å²) < 4.78 is 39.4. The molecule has 6 nitrogen and oxygen atoms in total. The van der Waals surface area contributed by atoms with E-state index in [-0.39, 0.29) is 35.2 Å². The smallest absolute Gasteiger partial charge is 0.290 e. The number of benzene rings is 1. The lowest BCUT2D eigenvalue weighted by Crippen LogP contribution is -2.51. The van der Waals surface area contributed by atoms with Crippen LogP contribution in [-0.4, -0.2) is 68.0 Å². The third kappa shape index (κ3) is 4.18. The number of piperazine rings is 1. The Morgan fingerprint density at radius 3 is 2.12 bits per heavy atom. The minimum absolute atomic E-state index is 0. The highest BCUT2D eigenvalue weighted by Crippen LogP contribution is 2.46. The van der Waals surface area contributed by atoms with Crippen molar-refractivity contribution in [1.82, 2.24) is 10.2 Å². The van der Waals surface area contributed by atoms with Gasteiger partial charge in [0, 0.05) is 38.3 Å². The molecule has 0 aromatic heterocycles. The molecule has 9 heteroatoms. The second-order valence-electron chi connectivity index (χ2n) is 5.37. The third-order valence-electron chi connectivity index (χ3n) is 3.93. The Bertz CT molecular complexity index is 517. The molecule has 1 saturated heterocycles. The van der Waals surface area contributed by atoms with Crippen molar-refractivity contribution in [3.8, 4) is 17.2 Å². The van der Waals surface area contributed by atoms with E-state index in [1.165, 1.54) is 26.4 Å². The van der Waals surface area contributed by atoms with E-state index in [1.807, 2.05) is 0 Å². The van der Waals surface area contributed by atoms with Crippen molar-refractivity contribution in [3.05, 3.63) is 17.7 Å². The van der Waals surface area contributed by atoms with Gasteiger partial charge in [-0.2, -0.15) is 0 Å². The van der Waals surface area contributed by atoms with Gasteiger partial charge in [0.1, 0.15) is 29.9 Å². The Balaban J connectivity index is 0.00000288. The van der Waals surface area contributed by atoms with Gasteiger partial charge in [0.15, 0.2) is 0 Å². The number of aliphatic hydroxyl groups excluding tert-OH is 1. The first-order chi connectivity index (χ1) is 10.9.